The minimum atomic E-state index is -0.0959. The predicted molar refractivity (Wildman–Crippen MR) is 82.1 cm³/mol. The Labute approximate surface area is 121 Å². The van der Waals surface area contributed by atoms with Gasteiger partial charge in [0.15, 0.2) is 0 Å². The first-order valence-corrected chi connectivity index (χ1v) is 7.08. The summed E-state index contributed by atoms with van der Waals surface area (Å²) in [4.78, 5) is 11.8. The van der Waals surface area contributed by atoms with Crippen LogP contribution in [0.1, 0.15) is 36.7 Å². The Morgan fingerprint density at radius 3 is 2.35 bits per heavy atom. The molecule has 0 spiro atoms. The van der Waals surface area contributed by atoms with Crippen molar-refractivity contribution in [2.75, 3.05) is 26.2 Å². The second-order valence-electron chi connectivity index (χ2n) is 5.83. The summed E-state index contributed by atoms with van der Waals surface area (Å²) in [7, 11) is 0. The number of hydrogen-bond acceptors (Lipinski definition) is 3. The van der Waals surface area contributed by atoms with Gasteiger partial charge in [-0.15, -0.1) is 0 Å². The summed E-state index contributed by atoms with van der Waals surface area (Å²) in [6, 6.07) is 7.57. The second kappa shape index (κ2) is 8.02. The van der Waals surface area contributed by atoms with Crippen LogP contribution in [0.5, 0.6) is 0 Å². The van der Waals surface area contributed by atoms with E-state index >= 15 is 0 Å². The fourth-order valence-electron chi connectivity index (χ4n) is 1.63. The first-order chi connectivity index (χ1) is 9.38. The molecule has 0 fully saturated rings. The Morgan fingerprint density at radius 2 is 1.75 bits per heavy atom. The van der Waals surface area contributed by atoms with Crippen molar-refractivity contribution in [1.29, 1.82) is 0 Å². The van der Waals surface area contributed by atoms with E-state index in [0.29, 0.717) is 18.7 Å². The monoisotopic (exact) mass is 278 g/mol. The molecule has 0 saturated carbocycles. The number of hydrogen-bond donors (Lipinski definition) is 2. The molecule has 1 amide bonds. The van der Waals surface area contributed by atoms with Crippen molar-refractivity contribution in [3.8, 4) is 0 Å². The van der Waals surface area contributed by atoms with Crippen LogP contribution < -0.4 is 10.6 Å². The lowest BCUT2D eigenvalue weighted by atomic mass is 10.1. The van der Waals surface area contributed by atoms with Crippen molar-refractivity contribution in [3.05, 3.63) is 35.4 Å². The molecular weight excluding hydrogens is 252 g/mol. The summed E-state index contributed by atoms with van der Waals surface area (Å²) in [5.74, 6) is -0.0299. The number of amides is 1. The van der Waals surface area contributed by atoms with Gasteiger partial charge in [-0.25, -0.2) is 0 Å². The fraction of sp³-hybridized carbons (Fsp3) is 0.562. The first-order valence-electron chi connectivity index (χ1n) is 7.08. The molecule has 0 aromatic heterocycles. The van der Waals surface area contributed by atoms with Gasteiger partial charge in [0.1, 0.15) is 0 Å². The molecule has 0 aliphatic carbocycles. The highest BCUT2D eigenvalue weighted by molar-refractivity contribution is 5.94. The Hall–Kier alpha value is -1.39. The molecule has 112 valence electrons. The minimum absolute atomic E-state index is 0.0299. The summed E-state index contributed by atoms with van der Waals surface area (Å²) in [6.07, 6.45) is 0. The van der Waals surface area contributed by atoms with Crippen molar-refractivity contribution in [2.24, 2.45) is 0 Å². The zero-order valence-electron chi connectivity index (χ0n) is 13.0. The van der Waals surface area contributed by atoms with Crippen molar-refractivity contribution >= 4 is 5.91 Å². The van der Waals surface area contributed by atoms with Gasteiger partial charge in [0.2, 0.25) is 0 Å². The van der Waals surface area contributed by atoms with E-state index in [4.69, 9.17) is 4.74 Å². The Kier molecular flexibility index (Phi) is 6.68. The van der Waals surface area contributed by atoms with Crippen LogP contribution in [-0.4, -0.2) is 37.7 Å². The normalized spacial score (nSPS) is 11.4. The zero-order valence-corrected chi connectivity index (χ0v) is 13.0. The van der Waals surface area contributed by atoms with E-state index in [1.54, 1.807) is 0 Å². The fourth-order valence-corrected chi connectivity index (χ4v) is 1.63. The van der Waals surface area contributed by atoms with E-state index in [0.717, 1.165) is 18.7 Å². The minimum Gasteiger partial charge on any atom is -0.375 e. The molecule has 4 heteroatoms. The van der Waals surface area contributed by atoms with Gasteiger partial charge in [0, 0.05) is 25.2 Å². The van der Waals surface area contributed by atoms with E-state index in [1.165, 1.54) is 0 Å². The zero-order chi connectivity index (χ0) is 15.0. The lowest BCUT2D eigenvalue weighted by Crippen LogP contribution is -2.34. The molecule has 20 heavy (non-hydrogen) atoms. The Balaban J connectivity index is 2.09. The lowest BCUT2D eigenvalue weighted by Gasteiger charge is -2.19. The molecule has 0 unspecified atom stereocenters. The van der Waals surface area contributed by atoms with Crippen molar-refractivity contribution < 1.29 is 9.53 Å². The van der Waals surface area contributed by atoms with Gasteiger partial charge in [-0.05, 0) is 39.8 Å². The highest BCUT2D eigenvalue weighted by Gasteiger charge is 2.08. The maximum atomic E-state index is 11.8. The van der Waals surface area contributed by atoms with Crippen molar-refractivity contribution in [1.82, 2.24) is 10.6 Å². The van der Waals surface area contributed by atoms with Gasteiger partial charge >= 0.3 is 0 Å². The van der Waals surface area contributed by atoms with Crippen LogP contribution in [0.3, 0.4) is 0 Å². The molecule has 0 aliphatic heterocycles. The molecule has 2 N–H and O–H groups in total. The Morgan fingerprint density at radius 1 is 1.10 bits per heavy atom. The highest BCUT2D eigenvalue weighted by Crippen LogP contribution is 2.05. The summed E-state index contributed by atoms with van der Waals surface area (Å²) in [5, 5.41) is 6.12. The number of nitrogens with one attached hydrogen (secondary N) is 2. The van der Waals surface area contributed by atoms with Crippen LogP contribution in [0, 0.1) is 6.92 Å². The molecule has 0 atom stereocenters. The van der Waals surface area contributed by atoms with Crippen LogP contribution >= 0.6 is 0 Å². The molecule has 1 aromatic carbocycles. The van der Waals surface area contributed by atoms with Crippen LogP contribution in [-0.2, 0) is 4.74 Å². The lowest BCUT2D eigenvalue weighted by molar-refractivity contribution is -0.000688. The van der Waals surface area contributed by atoms with Gasteiger partial charge in [0.05, 0.1) is 12.2 Å². The molecular formula is C16H26N2O2. The van der Waals surface area contributed by atoms with Crippen LogP contribution in [0.2, 0.25) is 0 Å². The van der Waals surface area contributed by atoms with Crippen LogP contribution in [0.4, 0.5) is 0 Å². The summed E-state index contributed by atoms with van der Waals surface area (Å²) >= 11 is 0. The maximum absolute atomic E-state index is 11.8. The first kappa shape index (κ1) is 16.7. The topological polar surface area (TPSA) is 50.4 Å². The molecule has 0 saturated heterocycles. The van der Waals surface area contributed by atoms with E-state index < -0.39 is 0 Å². The molecule has 0 bridgehead atoms. The highest BCUT2D eigenvalue weighted by atomic mass is 16.5. The molecule has 0 heterocycles. The molecule has 0 aliphatic rings. The number of aryl methyl sites for hydroxylation is 1. The third-order valence-corrected chi connectivity index (χ3v) is 2.72. The van der Waals surface area contributed by atoms with Crippen molar-refractivity contribution in [2.45, 2.75) is 33.3 Å². The summed E-state index contributed by atoms with van der Waals surface area (Å²) < 4.78 is 5.59. The maximum Gasteiger partial charge on any atom is 0.251 e. The number of benzene rings is 1. The molecule has 1 aromatic rings. The number of rotatable bonds is 7. The standard InChI is InChI=1S/C16H26N2O2/c1-13-5-7-14(8-6-13)15(19)18-10-9-17-11-12-20-16(2,3)4/h5-8,17H,9-12H2,1-4H3,(H,18,19). The van der Waals surface area contributed by atoms with E-state index in [-0.39, 0.29) is 11.5 Å². The quantitative estimate of drug-likeness (QED) is 0.751. The Bertz CT molecular complexity index is 407. The largest absolute Gasteiger partial charge is 0.375 e. The SMILES string of the molecule is Cc1ccc(C(=O)NCCNCCOC(C)(C)C)cc1. The molecule has 4 nitrogen and oxygen atoms in total. The van der Waals surface area contributed by atoms with Gasteiger partial charge in [-0.2, -0.15) is 0 Å². The van der Waals surface area contributed by atoms with Crippen LogP contribution in [0.15, 0.2) is 24.3 Å². The number of carbonyl (C=O) groups excluding carboxylic acids is 1. The van der Waals surface area contributed by atoms with Crippen LogP contribution in [0.25, 0.3) is 0 Å². The molecule has 1 rings (SSSR count). The average molecular weight is 278 g/mol. The van der Waals surface area contributed by atoms with E-state index in [9.17, 15) is 4.79 Å². The third-order valence-electron chi connectivity index (χ3n) is 2.72. The smallest absolute Gasteiger partial charge is 0.251 e. The third kappa shape index (κ3) is 7.26. The van der Waals surface area contributed by atoms with Crippen molar-refractivity contribution in [3.63, 3.8) is 0 Å². The van der Waals surface area contributed by atoms with Gasteiger partial charge < -0.3 is 15.4 Å². The number of carbonyl (C=O) groups is 1. The van der Waals surface area contributed by atoms with Gasteiger partial charge in [-0.1, -0.05) is 17.7 Å². The second-order valence-corrected chi connectivity index (χ2v) is 5.83. The number of ether oxygens (including phenoxy) is 1. The van der Waals surface area contributed by atoms with Gasteiger partial charge in [-0.3, -0.25) is 4.79 Å². The molecule has 0 radical (unpaired) electrons. The van der Waals surface area contributed by atoms with E-state index in [2.05, 4.69) is 10.6 Å². The predicted octanol–water partition coefficient (Wildman–Crippen LogP) is 2.13. The van der Waals surface area contributed by atoms with E-state index in [1.807, 2.05) is 52.0 Å². The summed E-state index contributed by atoms with van der Waals surface area (Å²) in [5.41, 5.74) is 1.76. The summed E-state index contributed by atoms with van der Waals surface area (Å²) in [6.45, 7) is 10.9. The average Bonchev–Trinajstić information content (AvgIpc) is 2.37. The van der Waals surface area contributed by atoms with Gasteiger partial charge in [0.25, 0.3) is 5.91 Å².